The molecule has 1 atom stereocenters. The highest BCUT2D eigenvalue weighted by molar-refractivity contribution is 5.31. The molecule has 116 valence electrons. The van der Waals surface area contributed by atoms with E-state index in [0.29, 0.717) is 17.9 Å². The Balaban J connectivity index is 1.67. The van der Waals surface area contributed by atoms with Crippen LogP contribution in [0.4, 0.5) is 13.2 Å². The minimum Gasteiger partial charge on any atom is -0.207 e. The fourth-order valence-electron chi connectivity index (χ4n) is 3.36. The molecule has 0 amide bonds. The van der Waals surface area contributed by atoms with E-state index in [9.17, 15) is 13.2 Å². The summed E-state index contributed by atoms with van der Waals surface area (Å²) in [6.45, 7) is 1.69. The normalized spacial score (nSPS) is 17.4. The third kappa shape index (κ3) is 3.18. The van der Waals surface area contributed by atoms with Gasteiger partial charge in [0.1, 0.15) is 17.5 Å². The third-order valence-corrected chi connectivity index (χ3v) is 4.59. The van der Waals surface area contributed by atoms with Crippen LogP contribution >= 0.6 is 0 Å². The second-order valence-corrected chi connectivity index (χ2v) is 6.27. The molecule has 2 aromatic rings. The summed E-state index contributed by atoms with van der Waals surface area (Å²) in [7, 11) is 0. The molecule has 0 fully saturated rings. The molecule has 0 aliphatic heterocycles. The number of hydrogen-bond donors (Lipinski definition) is 0. The minimum atomic E-state index is -0.448. The molecule has 3 heteroatoms. The van der Waals surface area contributed by atoms with Gasteiger partial charge in [-0.2, -0.15) is 0 Å². The second kappa shape index (κ2) is 6.15. The van der Waals surface area contributed by atoms with Gasteiger partial charge in [0.15, 0.2) is 0 Å². The molecule has 0 bridgehead atoms. The summed E-state index contributed by atoms with van der Waals surface area (Å²) >= 11 is 0. The van der Waals surface area contributed by atoms with E-state index in [1.807, 2.05) is 6.07 Å². The van der Waals surface area contributed by atoms with E-state index in [4.69, 9.17) is 0 Å². The van der Waals surface area contributed by atoms with E-state index < -0.39 is 11.6 Å². The van der Waals surface area contributed by atoms with Crippen molar-refractivity contribution in [1.29, 1.82) is 0 Å². The molecule has 0 saturated heterocycles. The largest absolute Gasteiger partial charge is 0.207 e. The molecular formula is C19H19F3. The van der Waals surface area contributed by atoms with Crippen LogP contribution < -0.4 is 0 Å². The molecule has 0 aromatic heterocycles. The van der Waals surface area contributed by atoms with Gasteiger partial charge >= 0.3 is 0 Å². The Morgan fingerprint density at radius 2 is 1.73 bits per heavy atom. The highest BCUT2D eigenvalue weighted by Gasteiger charge is 2.20. The van der Waals surface area contributed by atoms with Crippen molar-refractivity contribution in [3.8, 4) is 0 Å². The summed E-state index contributed by atoms with van der Waals surface area (Å²) in [5.41, 5.74) is 3.04. The molecule has 2 aromatic carbocycles. The molecule has 0 heterocycles. The third-order valence-electron chi connectivity index (χ3n) is 4.59. The van der Waals surface area contributed by atoms with Gasteiger partial charge in [-0.05, 0) is 85.9 Å². The fraction of sp³-hybridized carbons (Fsp3) is 0.368. The Kier molecular flexibility index (Phi) is 4.23. The number of benzene rings is 2. The Hall–Kier alpha value is -1.77. The Labute approximate surface area is 129 Å². The predicted octanol–water partition coefficient (Wildman–Crippen LogP) is 5.15. The van der Waals surface area contributed by atoms with Gasteiger partial charge in [0.05, 0.1) is 0 Å². The zero-order chi connectivity index (χ0) is 15.7. The monoisotopic (exact) mass is 304 g/mol. The van der Waals surface area contributed by atoms with Crippen molar-refractivity contribution in [2.75, 3.05) is 0 Å². The molecule has 0 saturated carbocycles. The van der Waals surface area contributed by atoms with Crippen molar-refractivity contribution >= 4 is 0 Å². The Morgan fingerprint density at radius 1 is 1.00 bits per heavy atom. The molecule has 0 N–H and O–H groups in total. The lowest BCUT2D eigenvalue weighted by Gasteiger charge is -2.24. The van der Waals surface area contributed by atoms with Gasteiger partial charge in [-0.1, -0.05) is 6.07 Å². The first-order valence-corrected chi connectivity index (χ1v) is 7.75. The Morgan fingerprint density at radius 3 is 2.45 bits per heavy atom. The molecule has 1 aliphatic rings. The zero-order valence-electron chi connectivity index (χ0n) is 12.6. The van der Waals surface area contributed by atoms with Crippen molar-refractivity contribution in [2.45, 2.75) is 39.0 Å². The summed E-state index contributed by atoms with van der Waals surface area (Å²) in [5, 5.41) is 0. The van der Waals surface area contributed by atoms with Crippen LogP contribution in [0.1, 0.15) is 35.1 Å². The van der Waals surface area contributed by atoms with Crippen LogP contribution in [-0.4, -0.2) is 0 Å². The molecule has 1 unspecified atom stereocenters. The molecule has 3 rings (SSSR count). The lowest BCUT2D eigenvalue weighted by Crippen LogP contribution is -2.15. The lowest BCUT2D eigenvalue weighted by atomic mass is 9.81. The van der Waals surface area contributed by atoms with E-state index in [-0.39, 0.29) is 11.4 Å². The summed E-state index contributed by atoms with van der Waals surface area (Å²) < 4.78 is 40.9. The molecule has 0 nitrogen and oxygen atoms in total. The van der Waals surface area contributed by atoms with Crippen LogP contribution in [0.2, 0.25) is 0 Å². The van der Waals surface area contributed by atoms with Crippen LogP contribution in [0.3, 0.4) is 0 Å². The summed E-state index contributed by atoms with van der Waals surface area (Å²) in [4.78, 5) is 0. The molecule has 1 aliphatic carbocycles. The number of fused-ring (bicyclic) bond motifs is 1. The van der Waals surface area contributed by atoms with Crippen molar-refractivity contribution in [3.05, 3.63) is 70.0 Å². The Bertz CT molecular complexity index is 668. The number of halogens is 3. The highest BCUT2D eigenvalue weighted by Crippen LogP contribution is 2.29. The van der Waals surface area contributed by atoms with Crippen LogP contribution in [0.25, 0.3) is 0 Å². The van der Waals surface area contributed by atoms with Crippen molar-refractivity contribution < 1.29 is 13.2 Å². The van der Waals surface area contributed by atoms with Gasteiger partial charge in [-0.15, -0.1) is 0 Å². The maximum absolute atomic E-state index is 13.9. The first kappa shape index (κ1) is 15.1. The average molecular weight is 304 g/mol. The minimum absolute atomic E-state index is 0.190. The van der Waals surface area contributed by atoms with Gasteiger partial charge in [-0.25, -0.2) is 13.2 Å². The topological polar surface area (TPSA) is 0 Å². The van der Waals surface area contributed by atoms with E-state index in [2.05, 4.69) is 0 Å². The highest BCUT2D eigenvalue weighted by atomic mass is 19.1. The van der Waals surface area contributed by atoms with Crippen LogP contribution in [0.5, 0.6) is 0 Å². The predicted molar refractivity (Wildman–Crippen MR) is 81.3 cm³/mol. The lowest BCUT2D eigenvalue weighted by molar-refractivity contribution is 0.417. The van der Waals surface area contributed by atoms with Gasteiger partial charge in [-0.3, -0.25) is 0 Å². The van der Waals surface area contributed by atoms with Gasteiger partial charge < -0.3 is 0 Å². The maximum atomic E-state index is 13.9. The first-order chi connectivity index (χ1) is 10.5. The standard InChI is InChI=1S/C19H19F3/c1-12-8-18(21)17(19(22)9-12)7-3-13-2-4-15-11-16(20)6-5-14(15)10-13/h5-6,8-9,11,13H,2-4,7,10H2,1H3. The van der Waals surface area contributed by atoms with Gasteiger partial charge in [0.2, 0.25) is 0 Å². The second-order valence-electron chi connectivity index (χ2n) is 6.27. The first-order valence-electron chi connectivity index (χ1n) is 7.75. The quantitative estimate of drug-likeness (QED) is 0.735. The van der Waals surface area contributed by atoms with Crippen molar-refractivity contribution in [3.63, 3.8) is 0 Å². The summed E-state index contributed by atoms with van der Waals surface area (Å²) in [5.74, 6) is -0.689. The molecule has 0 radical (unpaired) electrons. The molecular weight excluding hydrogens is 285 g/mol. The van der Waals surface area contributed by atoms with Crippen molar-refractivity contribution in [2.24, 2.45) is 5.92 Å². The van der Waals surface area contributed by atoms with E-state index in [1.165, 1.54) is 23.8 Å². The van der Waals surface area contributed by atoms with E-state index in [1.54, 1.807) is 13.0 Å². The van der Waals surface area contributed by atoms with Crippen LogP contribution in [0, 0.1) is 30.3 Å². The van der Waals surface area contributed by atoms with Crippen molar-refractivity contribution in [1.82, 2.24) is 0 Å². The summed E-state index contributed by atoms with van der Waals surface area (Å²) in [6.07, 6.45) is 3.83. The zero-order valence-corrected chi connectivity index (χ0v) is 12.6. The van der Waals surface area contributed by atoms with Gasteiger partial charge in [0, 0.05) is 5.56 Å². The fourth-order valence-corrected chi connectivity index (χ4v) is 3.36. The molecule has 0 spiro atoms. The maximum Gasteiger partial charge on any atom is 0.129 e. The SMILES string of the molecule is Cc1cc(F)c(CCC2CCc3cc(F)ccc3C2)c(F)c1. The number of aryl methyl sites for hydroxylation is 2. The average Bonchev–Trinajstić information content (AvgIpc) is 2.46. The van der Waals surface area contributed by atoms with Crippen LogP contribution in [0.15, 0.2) is 30.3 Å². The molecule has 22 heavy (non-hydrogen) atoms. The summed E-state index contributed by atoms with van der Waals surface area (Å²) in [6, 6.07) is 7.70. The smallest absolute Gasteiger partial charge is 0.129 e. The van der Waals surface area contributed by atoms with E-state index in [0.717, 1.165) is 31.2 Å². The number of hydrogen-bond acceptors (Lipinski definition) is 0. The van der Waals surface area contributed by atoms with E-state index >= 15 is 0 Å². The number of rotatable bonds is 3. The van der Waals surface area contributed by atoms with Crippen LogP contribution in [-0.2, 0) is 19.3 Å². The van der Waals surface area contributed by atoms with Gasteiger partial charge in [0.25, 0.3) is 0 Å².